The van der Waals surface area contributed by atoms with Crippen molar-refractivity contribution >= 4 is 43.0 Å². The highest BCUT2D eigenvalue weighted by Crippen LogP contribution is 2.28. The molecule has 1 aromatic heterocycles. The second-order valence-electron chi connectivity index (χ2n) is 4.45. The van der Waals surface area contributed by atoms with Crippen molar-refractivity contribution in [2.45, 2.75) is 6.04 Å². The van der Waals surface area contributed by atoms with Gasteiger partial charge in [0.05, 0.1) is 11.6 Å². The Morgan fingerprint density at radius 3 is 2.45 bits per heavy atom. The van der Waals surface area contributed by atoms with Gasteiger partial charge in [0, 0.05) is 8.95 Å². The summed E-state index contributed by atoms with van der Waals surface area (Å²) >= 11 is 6.89. The maximum Gasteiger partial charge on any atom is 0.417 e. The molecule has 0 amide bonds. The predicted octanol–water partition coefficient (Wildman–Crippen LogP) is 3.69. The Kier molecular flexibility index (Phi) is 3.54. The number of nitrogens with two attached hydrogens (primary N) is 1. The smallest absolute Gasteiger partial charge is 0.408 e. The van der Waals surface area contributed by atoms with Crippen LogP contribution in [0, 0.1) is 0 Å². The second kappa shape index (κ2) is 5.20. The number of H-pyrrole nitrogens is 1. The van der Waals surface area contributed by atoms with Gasteiger partial charge in [0.1, 0.15) is 0 Å². The van der Waals surface area contributed by atoms with Crippen LogP contribution in [0.15, 0.2) is 54.6 Å². The summed E-state index contributed by atoms with van der Waals surface area (Å²) in [5.41, 5.74) is 9.30. The first-order chi connectivity index (χ1) is 9.52. The van der Waals surface area contributed by atoms with Gasteiger partial charge in [-0.3, -0.25) is 4.98 Å². The fourth-order valence-corrected chi connectivity index (χ4v) is 3.43. The van der Waals surface area contributed by atoms with E-state index in [1.165, 1.54) is 0 Å². The van der Waals surface area contributed by atoms with Gasteiger partial charge in [0.25, 0.3) is 0 Å². The van der Waals surface area contributed by atoms with Crippen molar-refractivity contribution in [3.8, 4) is 0 Å². The minimum atomic E-state index is -0.462. The number of oxazole rings is 1. The number of fused-ring (bicyclic) bond motifs is 1. The summed E-state index contributed by atoms with van der Waals surface area (Å²) in [7, 11) is 0. The van der Waals surface area contributed by atoms with Gasteiger partial charge in [-0.15, -0.1) is 0 Å². The van der Waals surface area contributed by atoms with Crippen LogP contribution < -0.4 is 11.5 Å². The first kappa shape index (κ1) is 13.6. The van der Waals surface area contributed by atoms with Crippen LogP contribution in [-0.2, 0) is 0 Å². The van der Waals surface area contributed by atoms with Gasteiger partial charge in [0.2, 0.25) is 0 Å². The molecule has 0 aliphatic rings. The van der Waals surface area contributed by atoms with Crippen molar-refractivity contribution in [2.75, 3.05) is 0 Å². The zero-order chi connectivity index (χ0) is 14.3. The molecule has 1 heterocycles. The molecule has 0 aliphatic carbocycles. The van der Waals surface area contributed by atoms with Crippen molar-refractivity contribution in [1.82, 2.24) is 4.98 Å². The van der Waals surface area contributed by atoms with Crippen LogP contribution in [0.1, 0.15) is 17.2 Å². The van der Waals surface area contributed by atoms with Crippen molar-refractivity contribution in [3.05, 3.63) is 67.0 Å². The zero-order valence-electron chi connectivity index (χ0n) is 10.2. The number of hydrogen-bond donors (Lipinski definition) is 2. The van der Waals surface area contributed by atoms with E-state index in [2.05, 4.69) is 36.8 Å². The summed E-state index contributed by atoms with van der Waals surface area (Å²) in [5.74, 6) is -0.462. The molecule has 3 N–H and O–H groups in total. The van der Waals surface area contributed by atoms with E-state index in [1.807, 2.05) is 24.3 Å². The lowest BCUT2D eigenvalue weighted by atomic mass is 9.99. The summed E-state index contributed by atoms with van der Waals surface area (Å²) in [6.07, 6.45) is 0. The minimum absolute atomic E-state index is 0.298. The molecule has 2 aromatic carbocycles. The van der Waals surface area contributed by atoms with Gasteiger partial charge >= 0.3 is 5.76 Å². The van der Waals surface area contributed by atoms with Crippen molar-refractivity contribution in [3.63, 3.8) is 0 Å². The normalized spacial score (nSPS) is 12.8. The minimum Gasteiger partial charge on any atom is -0.408 e. The molecule has 6 heteroatoms. The van der Waals surface area contributed by atoms with Crippen molar-refractivity contribution < 1.29 is 4.42 Å². The van der Waals surface area contributed by atoms with Crippen molar-refractivity contribution in [1.29, 1.82) is 0 Å². The van der Waals surface area contributed by atoms with Gasteiger partial charge in [0.15, 0.2) is 5.58 Å². The number of aromatic amines is 1. The fraction of sp³-hybridized carbons (Fsp3) is 0.0714. The van der Waals surface area contributed by atoms with Crippen LogP contribution in [0.5, 0.6) is 0 Å². The molecule has 3 aromatic rings. The lowest BCUT2D eigenvalue weighted by Gasteiger charge is -2.13. The SMILES string of the molecule is NC(c1cc(Br)cc(Br)c1)c1ccc2[nH]c(=O)oc2c1. The Bertz CT molecular complexity index is 818. The van der Waals surface area contributed by atoms with Gasteiger partial charge < -0.3 is 10.2 Å². The molecule has 20 heavy (non-hydrogen) atoms. The van der Waals surface area contributed by atoms with Gasteiger partial charge in [-0.2, -0.15) is 0 Å². The summed E-state index contributed by atoms with van der Waals surface area (Å²) < 4.78 is 6.96. The van der Waals surface area contributed by atoms with Crippen LogP contribution in [0.3, 0.4) is 0 Å². The molecule has 102 valence electrons. The molecule has 1 unspecified atom stereocenters. The zero-order valence-corrected chi connectivity index (χ0v) is 13.4. The van der Waals surface area contributed by atoms with E-state index in [0.29, 0.717) is 11.1 Å². The standard InChI is InChI=1S/C14H10Br2N2O2/c15-9-3-8(4-10(16)6-9)13(17)7-1-2-11-12(5-7)20-14(19)18-11/h1-6,13H,17H2,(H,18,19). The van der Waals surface area contributed by atoms with Crippen LogP contribution in [-0.4, -0.2) is 4.98 Å². The molecule has 0 bridgehead atoms. The Morgan fingerprint density at radius 2 is 1.75 bits per heavy atom. The first-order valence-electron chi connectivity index (χ1n) is 5.87. The molecule has 0 spiro atoms. The Hall–Kier alpha value is -1.37. The van der Waals surface area contributed by atoms with Crippen molar-refractivity contribution in [2.24, 2.45) is 5.73 Å². The number of nitrogens with one attached hydrogen (secondary N) is 1. The lowest BCUT2D eigenvalue weighted by molar-refractivity contribution is 0.555. The van der Waals surface area contributed by atoms with E-state index in [4.69, 9.17) is 10.2 Å². The number of halogens is 2. The fourth-order valence-electron chi connectivity index (χ4n) is 2.10. The third-order valence-electron chi connectivity index (χ3n) is 3.05. The number of benzene rings is 2. The summed E-state index contributed by atoms with van der Waals surface area (Å²) in [6.45, 7) is 0. The second-order valence-corrected chi connectivity index (χ2v) is 6.28. The van der Waals surface area contributed by atoms with E-state index in [0.717, 1.165) is 20.1 Å². The van der Waals surface area contributed by atoms with Crippen LogP contribution in [0.25, 0.3) is 11.1 Å². The third kappa shape index (κ3) is 2.59. The maximum absolute atomic E-state index is 11.2. The van der Waals surface area contributed by atoms with E-state index in [1.54, 1.807) is 12.1 Å². The van der Waals surface area contributed by atoms with Crippen LogP contribution in [0.4, 0.5) is 0 Å². The molecule has 4 nitrogen and oxygen atoms in total. The quantitative estimate of drug-likeness (QED) is 0.692. The average Bonchev–Trinajstić information content (AvgIpc) is 2.75. The highest BCUT2D eigenvalue weighted by Gasteiger charge is 2.12. The largest absolute Gasteiger partial charge is 0.417 e. The molecule has 0 radical (unpaired) electrons. The topological polar surface area (TPSA) is 72.0 Å². The average molecular weight is 398 g/mol. The number of hydrogen-bond acceptors (Lipinski definition) is 3. The third-order valence-corrected chi connectivity index (χ3v) is 3.96. The molecular formula is C14H10Br2N2O2. The summed E-state index contributed by atoms with van der Waals surface area (Å²) in [5, 5.41) is 0. The molecule has 0 saturated carbocycles. The Labute approximate surface area is 131 Å². The molecule has 3 rings (SSSR count). The number of rotatable bonds is 2. The summed E-state index contributed by atoms with van der Waals surface area (Å²) in [4.78, 5) is 13.8. The van der Waals surface area contributed by atoms with Gasteiger partial charge in [-0.25, -0.2) is 4.79 Å². The van der Waals surface area contributed by atoms with Gasteiger partial charge in [-0.1, -0.05) is 37.9 Å². The van der Waals surface area contributed by atoms with E-state index in [-0.39, 0.29) is 6.04 Å². The molecule has 0 fully saturated rings. The van der Waals surface area contributed by atoms with Crippen LogP contribution in [0.2, 0.25) is 0 Å². The highest BCUT2D eigenvalue weighted by atomic mass is 79.9. The van der Waals surface area contributed by atoms with Gasteiger partial charge in [-0.05, 0) is 41.5 Å². The van der Waals surface area contributed by atoms with E-state index >= 15 is 0 Å². The van der Waals surface area contributed by atoms with E-state index < -0.39 is 5.76 Å². The number of aromatic nitrogens is 1. The maximum atomic E-state index is 11.2. The summed E-state index contributed by atoms with van der Waals surface area (Å²) in [6, 6.07) is 11.0. The molecular weight excluding hydrogens is 388 g/mol. The molecule has 1 atom stereocenters. The first-order valence-corrected chi connectivity index (χ1v) is 7.46. The molecule has 0 aliphatic heterocycles. The predicted molar refractivity (Wildman–Crippen MR) is 84.7 cm³/mol. The molecule has 0 saturated heterocycles. The lowest BCUT2D eigenvalue weighted by Crippen LogP contribution is -2.11. The monoisotopic (exact) mass is 396 g/mol. The highest BCUT2D eigenvalue weighted by molar-refractivity contribution is 9.11. The Morgan fingerprint density at radius 1 is 1.05 bits per heavy atom. The van der Waals surface area contributed by atoms with E-state index in [9.17, 15) is 4.79 Å². The van der Waals surface area contributed by atoms with Crippen LogP contribution >= 0.6 is 31.9 Å². The Balaban J connectivity index is 2.06.